The van der Waals surface area contributed by atoms with E-state index in [1.54, 1.807) is 16.0 Å². The lowest BCUT2D eigenvalue weighted by Gasteiger charge is -2.37. The first-order valence-corrected chi connectivity index (χ1v) is 20.2. The second kappa shape index (κ2) is 16.4. The van der Waals surface area contributed by atoms with E-state index in [1.165, 1.54) is 0 Å². The van der Waals surface area contributed by atoms with E-state index in [-0.39, 0.29) is 43.3 Å². The molecule has 6 heterocycles. The number of primary amides is 1. The van der Waals surface area contributed by atoms with Gasteiger partial charge in [0.05, 0.1) is 12.2 Å². The lowest BCUT2D eigenvalue weighted by Crippen LogP contribution is -2.52. The molecular formula is C41H53N11O5. The summed E-state index contributed by atoms with van der Waals surface area (Å²) in [5.74, 6) is -0.511. The third-order valence-electron chi connectivity index (χ3n) is 12.1. The first-order valence-electron chi connectivity index (χ1n) is 20.2. The van der Waals surface area contributed by atoms with E-state index in [0.717, 1.165) is 107 Å². The normalized spacial score (nSPS) is 21.7. The van der Waals surface area contributed by atoms with E-state index in [2.05, 4.69) is 48.5 Å². The van der Waals surface area contributed by atoms with Crippen molar-refractivity contribution in [3.8, 4) is 0 Å². The Morgan fingerprint density at radius 3 is 2.47 bits per heavy atom. The number of piperazine rings is 1. The number of aryl methyl sites for hydroxylation is 1. The SMILES string of the molecule is CN1CCN([C@@H]2CCCN(c3cnc(C(N)=O)c(Nc4ccc(N5CCN(CCCCc6cccc7c6CN(C6CCC(=O)NC6=O)C7=O)CC5)cc4)n3)C2)C1=O.[HH]. The number of anilines is 4. The third-order valence-corrected chi connectivity index (χ3v) is 12.1. The van der Waals surface area contributed by atoms with Gasteiger partial charge in [0.2, 0.25) is 11.8 Å². The lowest BCUT2D eigenvalue weighted by molar-refractivity contribution is -0.136. The average molecular weight is 780 g/mol. The van der Waals surface area contributed by atoms with Gasteiger partial charge in [0, 0.05) is 90.7 Å². The zero-order valence-electron chi connectivity index (χ0n) is 32.5. The summed E-state index contributed by atoms with van der Waals surface area (Å²) in [6.07, 6.45) is 6.97. The predicted molar refractivity (Wildman–Crippen MR) is 216 cm³/mol. The number of carbonyl (C=O) groups is 5. The lowest BCUT2D eigenvalue weighted by atomic mass is 9.98. The summed E-state index contributed by atoms with van der Waals surface area (Å²) >= 11 is 0. The molecule has 5 aliphatic rings. The number of benzene rings is 2. The van der Waals surface area contributed by atoms with Crippen molar-refractivity contribution in [3.63, 3.8) is 0 Å². The maximum atomic E-state index is 13.2. The van der Waals surface area contributed by atoms with Crippen molar-refractivity contribution >= 4 is 52.7 Å². The van der Waals surface area contributed by atoms with Crippen LogP contribution < -0.4 is 26.2 Å². The number of nitrogens with zero attached hydrogens (tertiary/aromatic N) is 8. The minimum atomic E-state index is -0.660. The molecule has 2 atom stereocenters. The molecule has 0 radical (unpaired) electrons. The van der Waals surface area contributed by atoms with Crippen molar-refractivity contribution in [1.82, 2.24) is 34.9 Å². The average Bonchev–Trinajstić information content (AvgIpc) is 3.74. The molecule has 16 nitrogen and oxygen atoms in total. The molecule has 2 aromatic carbocycles. The van der Waals surface area contributed by atoms with E-state index in [4.69, 9.17) is 10.7 Å². The molecule has 4 N–H and O–H groups in total. The van der Waals surface area contributed by atoms with Gasteiger partial charge in [-0.3, -0.25) is 29.4 Å². The number of nitrogens with one attached hydrogen (secondary N) is 2. The van der Waals surface area contributed by atoms with Gasteiger partial charge < -0.3 is 35.6 Å². The molecule has 5 aliphatic heterocycles. The van der Waals surface area contributed by atoms with Crippen LogP contribution in [-0.4, -0.2) is 137 Å². The number of urea groups is 1. The second-order valence-corrected chi connectivity index (χ2v) is 15.7. The van der Waals surface area contributed by atoms with Crippen molar-refractivity contribution in [2.45, 2.75) is 63.6 Å². The number of hydrogen-bond acceptors (Lipinski definition) is 11. The number of rotatable bonds is 12. The zero-order chi connectivity index (χ0) is 39.6. The quantitative estimate of drug-likeness (QED) is 0.182. The molecule has 16 heteroatoms. The Morgan fingerprint density at radius 2 is 1.74 bits per heavy atom. The van der Waals surface area contributed by atoms with E-state index in [0.29, 0.717) is 36.7 Å². The van der Waals surface area contributed by atoms with Crippen LogP contribution in [0.4, 0.5) is 27.8 Å². The number of hydrogen-bond donors (Lipinski definition) is 3. The van der Waals surface area contributed by atoms with Crippen LogP contribution in [0.1, 0.15) is 71.9 Å². The number of fused-ring (bicyclic) bond motifs is 1. The minimum absolute atomic E-state index is 0. The van der Waals surface area contributed by atoms with Crippen LogP contribution in [0.5, 0.6) is 0 Å². The third kappa shape index (κ3) is 8.08. The summed E-state index contributed by atoms with van der Waals surface area (Å²) in [7, 11) is 1.83. The Hall–Kier alpha value is -5.77. The second-order valence-electron chi connectivity index (χ2n) is 15.7. The zero-order valence-corrected chi connectivity index (χ0v) is 32.5. The molecule has 4 saturated heterocycles. The number of nitrogens with two attached hydrogens (primary N) is 1. The minimum Gasteiger partial charge on any atom is -0.369 e. The summed E-state index contributed by atoms with van der Waals surface area (Å²) in [5.41, 5.74) is 10.5. The van der Waals surface area contributed by atoms with E-state index in [9.17, 15) is 24.0 Å². The van der Waals surface area contributed by atoms with Crippen molar-refractivity contribution < 1.29 is 25.4 Å². The highest BCUT2D eigenvalue weighted by Gasteiger charge is 2.40. The number of aromatic nitrogens is 2. The molecule has 0 aliphatic carbocycles. The summed E-state index contributed by atoms with van der Waals surface area (Å²) in [5, 5.41) is 5.66. The molecule has 4 fully saturated rings. The van der Waals surface area contributed by atoms with Crippen LogP contribution in [0.25, 0.3) is 0 Å². The summed E-state index contributed by atoms with van der Waals surface area (Å²) in [6, 6.07) is 13.5. The monoisotopic (exact) mass is 779 g/mol. The van der Waals surface area contributed by atoms with Crippen LogP contribution in [0.3, 0.4) is 0 Å². The van der Waals surface area contributed by atoms with Gasteiger partial charge in [-0.2, -0.15) is 0 Å². The first-order chi connectivity index (χ1) is 27.6. The van der Waals surface area contributed by atoms with Crippen LogP contribution >= 0.6 is 0 Å². The first kappa shape index (κ1) is 38.1. The van der Waals surface area contributed by atoms with E-state index in [1.807, 2.05) is 36.2 Å². The van der Waals surface area contributed by atoms with Crippen molar-refractivity contribution in [2.75, 3.05) is 81.1 Å². The maximum Gasteiger partial charge on any atom is 0.320 e. The number of likely N-dealkylation sites (N-methyl/N-ethyl adjacent to an activating group) is 1. The largest absolute Gasteiger partial charge is 0.369 e. The molecule has 302 valence electrons. The maximum absolute atomic E-state index is 13.2. The highest BCUT2D eigenvalue weighted by Crippen LogP contribution is 2.31. The topological polar surface area (TPSA) is 181 Å². The van der Waals surface area contributed by atoms with E-state index >= 15 is 0 Å². The van der Waals surface area contributed by atoms with Gasteiger partial charge >= 0.3 is 6.03 Å². The molecule has 8 rings (SSSR count). The van der Waals surface area contributed by atoms with Gasteiger partial charge in [0.15, 0.2) is 11.5 Å². The van der Waals surface area contributed by atoms with Gasteiger partial charge in [0.1, 0.15) is 11.9 Å². The van der Waals surface area contributed by atoms with Gasteiger partial charge in [-0.1, -0.05) is 12.1 Å². The van der Waals surface area contributed by atoms with Gasteiger partial charge in [0.25, 0.3) is 11.8 Å². The van der Waals surface area contributed by atoms with Crippen molar-refractivity contribution in [2.24, 2.45) is 5.73 Å². The highest BCUT2D eigenvalue weighted by atomic mass is 16.2. The molecule has 6 amide bonds. The van der Waals surface area contributed by atoms with Gasteiger partial charge in [-0.25, -0.2) is 14.8 Å². The van der Waals surface area contributed by atoms with E-state index < -0.39 is 11.9 Å². The Bertz CT molecular complexity index is 2040. The molecular weight excluding hydrogens is 727 g/mol. The number of piperidine rings is 2. The number of amides is 6. The molecule has 0 spiro atoms. The van der Waals surface area contributed by atoms with Crippen LogP contribution in [0.2, 0.25) is 0 Å². The Labute approximate surface area is 333 Å². The van der Waals surface area contributed by atoms with Crippen LogP contribution in [0, 0.1) is 0 Å². The summed E-state index contributed by atoms with van der Waals surface area (Å²) in [6.45, 7) is 8.04. The fraction of sp³-hybridized carbons (Fsp3) is 0.488. The van der Waals surface area contributed by atoms with Gasteiger partial charge in [-0.05, 0) is 86.5 Å². The Kier molecular flexibility index (Phi) is 10.9. The molecule has 57 heavy (non-hydrogen) atoms. The highest BCUT2D eigenvalue weighted by molar-refractivity contribution is 6.05. The Morgan fingerprint density at radius 1 is 0.930 bits per heavy atom. The molecule has 1 aromatic heterocycles. The van der Waals surface area contributed by atoms with Crippen molar-refractivity contribution in [3.05, 3.63) is 71.0 Å². The summed E-state index contributed by atoms with van der Waals surface area (Å²) < 4.78 is 0. The standard InChI is InChI=1S/C41H51N11O5.H2/c1-47-18-23-51(41(47)57)30-8-5-17-50(25-30)34-24-43-36(37(42)54)38(45-34)44-28-10-12-29(13-11-28)49-21-19-48(20-22-49)16-3-2-6-27-7-4-9-31-32(27)26-52(40(31)56)33-14-15-35(53)46-39(33)55;/h4,7,9-13,24,30,33H,2-3,5-6,8,14-23,25-26H2,1H3,(H2,42,54)(H,44,45)(H,46,53,55);1H/t30-,33?;/m1./s1. The molecule has 1 unspecified atom stereocenters. The molecule has 3 aromatic rings. The van der Waals surface area contributed by atoms with Crippen molar-refractivity contribution in [1.29, 1.82) is 0 Å². The molecule has 0 bridgehead atoms. The fourth-order valence-corrected chi connectivity index (χ4v) is 8.88. The number of imide groups is 1. The smallest absolute Gasteiger partial charge is 0.320 e. The molecule has 0 saturated carbocycles. The Balaban J connectivity index is 0.00000512. The van der Waals surface area contributed by atoms with Gasteiger partial charge in [-0.15, -0.1) is 0 Å². The van der Waals surface area contributed by atoms with Crippen LogP contribution in [-0.2, 0) is 22.6 Å². The van der Waals surface area contributed by atoms with Crippen LogP contribution in [0.15, 0.2) is 48.7 Å². The number of carbonyl (C=O) groups excluding carboxylic acids is 5. The number of unbranched alkanes of at least 4 members (excludes halogenated alkanes) is 1. The fourth-order valence-electron chi connectivity index (χ4n) is 8.88. The summed E-state index contributed by atoms with van der Waals surface area (Å²) in [4.78, 5) is 83.8. The predicted octanol–water partition coefficient (Wildman–Crippen LogP) is 2.81.